The maximum atomic E-state index is 12.5. The van der Waals surface area contributed by atoms with Gasteiger partial charge in [-0.2, -0.15) is 0 Å². The van der Waals surface area contributed by atoms with Crippen LogP contribution in [0.1, 0.15) is 56.2 Å². The van der Waals surface area contributed by atoms with Crippen molar-refractivity contribution in [3.63, 3.8) is 0 Å². The summed E-state index contributed by atoms with van der Waals surface area (Å²) in [4.78, 5) is 17.1. The van der Waals surface area contributed by atoms with Crippen molar-refractivity contribution >= 4 is 28.0 Å². The number of benzene rings is 3. The molecule has 0 aliphatic heterocycles. The SMILES string of the molecule is COCc1c(OC(=O)OC(C)C)ncc2c1c1c(OCc3ccccc3)cccc1n2CCCCCCc1ccc(OC)cc1. The van der Waals surface area contributed by atoms with E-state index in [1.165, 1.54) is 5.56 Å². The minimum Gasteiger partial charge on any atom is -0.497 e. The first-order valence-electron chi connectivity index (χ1n) is 15.6. The molecule has 236 valence electrons. The molecule has 0 unspecified atom stereocenters. The Morgan fingerprint density at radius 1 is 0.800 bits per heavy atom. The van der Waals surface area contributed by atoms with Crippen LogP contribution < -0.4 is 14.2 Å². The zero-order valence-electron chi connectivity index (χ0n) is 26.6. The molecule has 2 aromatic heterocycles. The summed E-state index contributed by atoms with van der Waals surface area (Å²) in [5.74, 6) is 1.81. The number of pyridine rings is 1. The van der Waals surface area contributed by atoms with Crippen molar-refractivity contribution in [2.45, 2.75) is 71.8 Å². The number of aromatic nitrogens is 2. The molecular formula is C37H42N2O6. The normalized spacial score (nSPS) is 11.3. The maximum absolute atomic E-state index is 12.5. The molecule has 3 aromatic carbocycles. The number of carbonyl (C=O) groups excluding carboxylic acids is 1. The molecule has 8 nitrogen and oxygen atoms in total. The Hall–Kier alpha value is -4.56. The van der Waals surface area contributed by atoms with Gasteiger partial charge in [0.15, 0.2) is 0 Å². The van der Waals surface area contributed by atoms with Crippen LogP contribution in [0.15, 0.2) is 79.0 Å². The monoisotopic (exact) mass is 610 g/mol. The Kier molecular flexibility index (Phi) is 10.9. The summed E-state index contributed by atoms with van der Waals surface area (Å²) in [5.41, 5.74) is 5.06. The molecule has 0 saturated heterocycles. The van der Waals surface area contributed by atoms with Crippen molar-refractivity contribution in [1.82, 2.24) is 9.55 Å². The average molecular weight is 611 g/mol. The van der Waals surface area contributed by atoms with E-state index in [0.29, 0.717) is 12.2 Å². The molecule has 5 rings (SSSR count). The van der Waals surface area contributed by atoms with E-state index in [1.807, 2.05) is 54.6 Å². The van der Waals surface area contributed by atoms with E-state index in [9.17, 15) is 4.79 Å². The van der Waals surface area contributed by atoms with Gasteiger partial charge in [-0.25, -0.2) is 9.78 Å². The molecule has 0 aliphatic rings. The van der Waals surface area contributed by atoms with Crippen molar-refractivity contribution < 1.29 is 28.5 Å². The van der Waals surface area contributed by atoms with Gasteiger partial charge in [0.1, 0.15) is 18.1 Å². The van der Waals surface area contributed by atoms with E-state index in [1.54, 1.807) is 34.3 Å². The predicted molar refractivity (Wildman–Crippen MR) is 176 cm³/mol. The number of nitrogens with zero attached hydrogens (tertiary/aromatic N) is 2. The van der Waals surface area contributed by atoms with E-state index in [2.05, 4.69) is 27.8 Å². The molecule has 0 fully saturated rings. The molecule has 0 radical (unpaired) electrons. The number of ether oxygens (including phenoxy) is 5. The Labute approximate surface area is 264 Å². The number of rotatable bonds is 15. The second kappa shape index (κ2) is 15.4. The van der Waals surface area contributed by atoms with Crippen LogP contribution in [-0.4, -0.2) is 36.0 Å². The van der Waals surface area contributed by atoms with Crippen LogP contribution in [0, 0.1) is 0 Å². The fourth-order valence-electron chi connectivity index (χ4n) is 5.64. The Morgan fingerprint density at radius 3 is 2.31 bits per heavy atom. The highest BCUT2D eigenvalue weighted by Gasteiger charge is 2.23. The highest BCUT2D eigenvalue weighted by Crippen LogP contribution is 2.40. The van der Waals surface area contributed by atoms with E-state index >= 15 is 0 Å². The summed E-state index contributed by atoms with van der Waals surface area (Å²) in [6.45, 7) is 4.99. The first-order chi connectivity index (χ1) is 22.0. The Morgan fingerprint density at radius 2 is 1.58 bits per heavy atom. The summed E-state index contributed by atoms with van der Waals surface area (Å²) in [7, 11) is 3.31. The average Bonchev–Trinajstić information content (AvgIpc) is 3.37. The number of hydrogen-bond donors (Lipinski definition) is 0. The lowest BCUT2D eigenvalue weighted by Gasteiger charge is -2.13. The van der Waals surface area contributed by atoms with Gasteiger partial charge in [0, 0.05) is 19.0 Å². The summed E-state index contributed by atoms with van der Waals surface area (Å²) in [6, 6.07) is 24.5. The van der Waals surface area contributed by atoms with Crippen LogP contribution in [-0.2, 0) is 35.7 Å². The van der Waals surface area contributed by atoms with E-state index in [-0.39, 0.29) is 18.6 Å². The minimum atomic E-state index is -0.798. The van der Waals surface area contributed by atoms with Crippen molar-refractivity contribution in [2.24, 2.45) is 0 Å². The standard InChI is InChI=1S/C37H42N2O6/c1-26(2)44-37(40)45-36-30(25-41-3)34-32(23-38-36)39(22-11-6-5-8-13-27-18-20-29(42-4)21-19-27)31-16-12-17-33(35(31)34)43-24-28-14-9-7-10-15-28/h7,9-10,12,14-21,23,26H,5-6,8,11,13,22,24-25H2,1-4H3. The summed E-state index contributed by atoms with van der Waals surface area (Å²) < 4.78 is 30.5. The predicted octanol–water partition coefficient (Wildman–Crippen LogP) is 8.65. The van der Waals surface area contributed by atoms with Gasteiger partial charge in [0.05, 0.1) is 48.0 Å². The van der Waals surface area contributed by atoms with Gasteiger partial charge in [-0.1, -0.05) is 61.4 Å². The first kappa shape index (κ1) is 31.9. The molecule has 0 N–H and O–H groups in total. The van der Waals surface area contributed by atoms with Gasteiger partial charge in [-0.3, -0.25) is 0 Å². The highest BCUT2D eigenvalue weighted by atomic mass is 16.7. The number of aryl methyl sites for hydroxylation is 2. The Bertz CT molecular complexity index is 1700. The van der Waals surface area contributed by atoms with Crippen molar-refractivity contribution in [1.29, 1.82) is 0 Å². The van der Waals surface area contributed by atoms with Crippen LogP contribution in [0.25, 0.3) is 21.8 Å². The summed E-state index contributed by atoms with van der Waals surface area (Å²) in [6.07, 6.45) is 6.08. The van der Waals surface area contributed by atoms with Crippen molar-refractivity contribution in [2.75, 3.05) is 14.2 Å². The molecule has 0 amide bonds. The zero-order valence-corrected chi connectivity index (χ0v) is 26.6. The third-order valence-corrected chi connectivity index (χ3v) is 7.75. The largest absolute Gasteiger partial charge is 0.515 e. The van der Waals surface area contributed by atoms with Gasteiger partial charge in [0.25, 0.3) is 0 Å². The van der Waals surface area contributed by atoms with E-state index in [4.69, 9.17) is 23.7 Å². The summed E-state index contributed by atoms with van der Waals surface area (Å²) >= 11 is 0. The smallest absolute Gasteiger partial charge is 0.497 e. The van der Waals surface area contributed by atoms with Crippen LogP contribution in [0.3, 0.4) is 0 Å². The van der Waals surface area contributed by atoms with Gasteiger partial charge in [-0.05, 0) is 68.5 Å². The minimum absolute atomic E-state index is 0.172. The first-order valence-corrected chi connectivity index (χ1v) is 15.6. The fraction of sp³-hybridized carbons (Fsp3) is 0.351. The van der Waals surface area contributed by atoms with E-state index < -0.39 is 6.16 Å². The van der Waals surface area contributed by atoms with Crippen molar-refractivity contribution in [3.05, 3.63) is 95.7 Å². The van der Waals surface area contributed by atoms with E-state index in [0.717, 1.165) is 77.5 Å². The molecule has 0 bridgehead atoms. The fourth-order valence-corrected chi connectivity index (χ4v) is 5.64. The molecule has 0 saturated carbocycles. The number of unbranched alkanes of at least 4 members (excludes halogenated alkanes) is 3. The lowest BCUT2D eigenvalue weighted by atomic mass is 10.1. The Balaban J connectivity index is 1.43. The molecule has 45 heavy (non-hydrogen) atoms. The van der Waals surface area contributed by atoms with Crippen LogP contribution in [0.5, 0.6) is 17.4 Å². The van der Waals surface area contributed by atoms with Crippen molar-refractivity contribution in [3.8, 4) is 17.4 Å². The molecule has 8 heteroatoms. The highest BCUT2D eigenvalue weighted by molar-refractivity contribution is 6.13. The number of carbonyl (C=O) groups is 1. The van der Waals surface area contributed by atoms with Gasteiger partial charge in [-0.15, -0.1) is 0 Å². The van der Waals surface area contributed by atoms with Gasteiger partial charge >= 0.3 is 6.16 Å². The topological polar surface area (TPSA) is 81.0 Å². The quantitative estimate of drug-likeness (QED) is 0.0867. The third kappa shape index (κ3) is 7.94. The molecular weight excluding hydrogens is 568 g/mol. The zero-order chi connectivity index (χ0) is 31.6. The number of hydrogen-bond acceptors (Lipinski definition) is 7. The molecule has 5 aromatic rings. The molecule has 0 atom stereocenters. The molecule has 0 spiro atoms. The van der Waals surface area contributed by atoms with Crippen LogP contribution >= 0.6 is 0 Å². The summed E-state index contributed by atoms with van der Waals surface area (Å²) in [5, 5.41) is 1.84. The maximum Gasteiger partial charge on any atom is 0.515 e. The van der Waals surface area contributed by atoms with Gasteiger partial charge < -0.3 is 28.3 Å². The van der Waals surface area contributed by atoms with Crippen LogP contribution in [0.4, 0.5) is 4.79 Å². The molecule has 2 heterocycles. The second-order valence-corrected chi connectivity index (χ2v) is 11.3. The number of methoxy groups -OCH3 is 2. The third-order valence-electron chi connectivity index (χ3n) is 7.75. The molecule has 0 aliphatic carbocycles. The number of fused-ring (bicyclic) bond motifs is 3. The second-order valence-electron chi connectivity index (χ2n) is 11.3. The lowest BCUT2D eigenvalue weighted by Crippen LogP contribution is -2.17. The van der Waals surface area contributed by atoms with Crippen LogP contribution in [0.2, 0.25) is 0 Å². The van der Waals surface area contributed by atoms with Gasteiger partial charge in [0.2, 0.25) is 5.88 Å². The lowest BCUT2D eigenvalue weighted by molar-refractivity contribution is 0.0705.